The molecule has 5 nitrogen and oxygen atoms in total. The van der Waals surface area contributed by atoms with Crippen molar-refractivity contribution in [2.45, 2.75) is 24.2 Å². The third kappa shape index (κ3) is 3.63. The number of hydrogen-bond acceptors (Lipinski definition) is 5. The average molecular weight is 312 g/mol. The first kappa shape index (κ1) is 15.1. The normalized spacial score (nSPS) is 11.7. The number of nitrogens with one attached hydrogen (secondary N) is 1. The van der Waals surface area contributed by atoms with Crippen LogP contribution in [0.15, 0.2) is 34.7 Å². The standard InChI is InChI=1S/C13H16N2O3S2/c1-10-8-13(19-12(10)9-16)20(17,18)15-7-5-11-4-2-3-6-14-11/h2-4,6,8,15-16H,5,7,9H2,1H3. The first-order valence-electron chi connectivity index (χ1n) is 6.12. The Labute approximate surface area is 122 Å². The monoisotopic (exact) mass is 312 g/mol. The Kier molecular flexibility index (Phi) is 4.87. The second-order valence-corrected chi connectivity index (χ2v) is 7.43. The molecule has 2 rings (SSSR count). The van der Waals surface area contributed by atoms with E-state index in [1.165, 1.54) is 0 Å². The minimum absolute atomic E-state index is 0.139. The average Bonchev–Trinajstić information content (AvgIpc) is 2.82. The van der Waals surface area contributed by atoms with Gasteiger partial charge in [0, 0.05) is 29.7 Å². The number of aromatic nitrogens is 1. The molecule has 2 aromatic rings. The van der Waals surface area contributed by atoms with Crippen LogP contribution in [0, 0.1) is 6.92 Å². The number of aryl methyl sites for hydroxylation is 1. The molecule has 0 atom stereocenters. The van der Waals surface area contributed by atoms with Crippen molar-refractivity contribution in [3.05, 3.63) is 46.6 Å². The highest BCUT2D eigenvalue weighted by Crippen LogP contribution is 2.25. The molecule has 0 saturated carbocycles. The molecule has 2 N–H and O–H groups in total. The second kappa shape index (κ2) is 6.45. The Morgan fingerprint density at radius 1 is 1.40 bits per heavy atom. The molecule has 0 unspecified atom stereocenters. The van der Waals surface area contributed by atoms with Crippen molar-refractivity contribution >= 4 is 21.4 Å². The number of nitrogens with zero attached hydrogens (tertiary/aromatic N) is 1. The molecule has 0 aliphatic heterocycles. The van der Waals surface area contributed by atoms with Gasteiger partial charge in [-0.2, -0.15) is 0 Å². The zero-order chi connectivity index (χ0) is 14.6. The summed E-state index contributed by atoms with van der Waals surface area (Å²) in [5.74, 6) is 0. The van der Waals surface area contributed by atoms with E-state index in [-0.39, 0.29) is 10.8 Å². The lowest BCUT2D eigenvalue weighted by Gasteiger charge is -2.04. The van der Waals surface area contributed by atoms with Gasteiger partial charge in [0.15, 0.2) is 0 Å². The Hall–Kier alpha value is -1.28. The lowest BCUT2D eigenvalue weighted by Crippen LogP contribution is -2.25. The van der Waals surface area contributed by atoms with Crippen molar-refractivity contribution < 1.29 is 13.5 Å². The molecule has 0 bridgehead atoms. The van der Waals surface area contributed by atoms with E-state index < -0.39 is 10.0 Å². The van der Waals surface area contributed by atoms with Gasteiger partial charge in [0.1, 0.15) is 4.21 Å². The first-order chi connectivity index (χ1) is 9.53. The van der Waals surface area contributed by atoms with E-state index in [2.05, 4.69) is 9.71 Å². The number of aliphatic hydroxyl groups is 1. The fourth-order valence-corrected chi connectivity index (χ4v) is 4.23. The smallest absolute Gasteiger partial charge is 0.250 e. The fourth-order valence-electron chi connectivity index (χ4n) is 1.71. The Bertz CT molecular complexity index is 666. The van der Waals surface area contributed by atoms with E-state index in [1.54, 1.807) is 19.2 Å². The number of hydrogen-bond donors (Lipinski definition) is 2. The summed E-state index contributed by atoms with van der Waals surface area (Å²) in [7, 11) is -3.51. The molecule has 0 fully saturated rings. The summed E-state index contributed by atoms with van der Waals surface area (Å²) in [6, 6.07) is 7.12. The minimum Gasteiger partial charge on any atom is -0.391 e. The molecule has 0 spiro atoms. The highest BCUT2D eigenvalue weighted by atomic mass is 32.2. The second-order valence-electron chi connectivity index (χ2n) is 4.30. The zero-order valence-corrected chi connectivity index (χ0v) is 12.7. The minimum atomic E-state index is -3.51. The Morgan fingerprint density at radius 2 is 2.20 bits per heavy atom. The van der Waals surface area contributed by atoms with Gasteiger partial charge in [0.25, 0.3) is 0 Å². The molecule has 2 heterocycles. The predicted molar refractivity (Wildman–Crippen MR) is 78.1 cm³/mol. The summed E-state index contributed by atoms with van der Waals surface area (Å²) >= 11 is 1.10. The maximum Gasteiger partial charge on any atom is 0.250 e. The Morgan fingerprint density at radius 3 is 2.80 bits per heavy atom. The van der Waals surface area contributed by atoms with Crippen LogP contribution in [0.25, 0.3) is 0 Å². The molecule has 7 heteroatoms. The van der Waals surface area contributed by atoms with E-state index in [0.29, 0.717) is 17.8 Å². The summed E-state index contributed by atoms with van der Waals surface area (Å²) in [5, 5.41) is 9.11. The SMILES string of the molecule is Cc1cc(S(=O)(=O)NCCc2ccccn2)sc1CO. The van der Waals surface area contributed by atoms with Crippen molar-refractivity contribution in [2.24, 2.45) is 0 Å². The van der Waals surface area contributed by atoms with Crippen molar-refractivity contribution in [1.29, 1.82) is 0 Å². The lowest BCUT2D eigenvalue weighted by molar-refractivity contribution is 0.285. The van der Waals surface area contributed by atoms with Crippen molar-refractivity contribution in [2.75, 3.05) is 6.54 Å². The van der Waals surface area contributed by atoms with Gasteiger partial charge in [0.05, 0.1) is 6.61 Å². The van der Waals surface area contributed by atoms with E-state index >= 15 is 0 Å². The summed E-state index contributed by atoms with van der Waals surface area (Å²) in [6.07, 6.45) is 2.22. The molecule has 108 valence electrons. The molecular formula is C13H16N2O3S2. The maximum absolute atomic E-state index is 12.1. The van der Waals surface area contributed by atoms with E-state index in [9.17, 15) is 8.42 Å². The van der Waals surface area contributed by atoms with Crippen LogP contribution in [0.1, 0.15) is 16.1 Å². The van der Waals surface area contributed by atoms with Crippen LogP contribution >= 0.6 is 11.3 Å². The number of thiophene rings is 1. The largest absolute Gasteiger partial charge is 0.391 e. The van der Waals surface area contributed by atoms with Crippen LogP contribution in [0.2, 0.25) is 0 Å². The highest BCUT2D eigenvalue weighted by Gasteiger charge is 2.18. The molecule has 0 aromatic carbocycles. The number of aliphatic hydroxyl groups excluding tert-OH is 1. The van der Waals surface area contributed by atoms with Crippen LogP contribution in [0.5, 0.6) is 0 Å². The van der Waals surface area contributed by atoms with Gasteiger partial charge in [-0.25, -0.2) is 13.1 Å². The summed E-state index contributed by atoms with van der Waals surface area (Å²) in [6.45, 7) is 1.94. The van der Waals surface area contributed by atoms with Crippen LogP contribution in [-0.2, 0) is 23.1 Å². The molecule has 2 aromatic heterocycles. The van der Waals surface area contributed by atoms with Crippen molar-refractivity contribution in [3.8, 4) is 0 Å². The molecule has 0 saturated heterocycles. The van der Waals surface area contributed by atoms with Crippen LogP contribution in [-0.4, -0.2) is 25.1 Å². The molecule has 0 amide bonds. The van der Waals surface area contributed by atoms with Crippen LogP contribution < -0.4 is 4.72 Å². The molecule has 0 radical (unpaired) electrons. The van der Waals surface area contributed by atoms with Gasteiger partial charge in [-0.05, 0) is 30.7 Å². The van der Waals surface area contributed by atoms with Gasteiger partial charge in [-0.1, -0.05) is 6.07 Å². The molecule has 0 aliphatic carbocycles. The first-order valence-corrected chi connectivity index (χ1v) is 8.42. The van der Waals surface area contributed by atoms with Gasteiger partial charge >= 0.3 is 0 Å². The number of rotatable bonds is 6. The third-order valence-electron chi connectivity index (χ3n) is 2.81. The van der Waals surface area contributed by atoms with Gasteiger partial charge < -0.3 is 5.11 Å². The van der Waals surface area contributed by atoms with Crippen molar-refractivity contribution in [3.63, 3.8) is 0 Å². The van der Waals surface area contributed by atoms with E-state index in [4.69, 9.17) is 5.11 Å². The fraction of sp³-hybridized carbons (Fsp3) is 0.308. The van der Waals surface area contributed by atoms with E-state index in [0.717, 1.165) is 22.6 Å². The van der Waals surface area contributed by atoms with E-state index in [1.807, 2.05) is 18.2 Å². The van der Waals surface area contributed by atoms with Gasteiger partial charge in [-0.15, -0.1) is 11.3 Å². The lowest BCUT2D eigenvalue weighted by atomic mass is 10.3. The summed E-state index contributed by atoms with van der Waals surface area (Å²) in [5.41, 5.74) is 1.64. The van der Waals surface area contributed by atoms with Crippen LogP contribution in [0.3, 0.4) is 0 Å². The maximum atomic E-state index is 12.1. The summed E-state index contributed by atoms with van der Waals surface area (Å²) < 4.78 is 27.0. The third-order valence-corrected chi connectivity index (χ3v) is 5.96. The topological polar surface area (TPSA) is 79.3 Å². The number of sulfonamides is 1. The summed E-state index contributed by atoms with van der Waals surface area (Å²) in [4.78, 5) is 4.81. The Balaban J connectivity index is 2.00. The number of pyridine rings is 1. The highest BCUT2D eigenvalue weighted by molar-refractivity contribution is 7.91. The molecule has 20 heavy (non-hydrogen) atoms. The van der Waals surface area contributed by atoms with Crippen LogP contribution in [0.4, 0.5) is 0 Å². The van der Waals surface area contributed by atoms with Gasteiger partial charge in [0.2, 0.25) is 10.0 Å². The quantitative estimate of drug-likeness (QED) is 0.846. The predicted octanol–water partition coefficient (Wildman–Crippen LogP) is 1.46. The molecule has 0 aliphatic rings. The van der Waals surface area contributed by atoms with Crippen molar-refractivity contribution in [1.82, 2.24) is 9.71 Å². The molecular weight excluding hydrogens is 296 g/mol. The van der Waals surface area contributed by atoms with Gasteiger partial charge in [-0.3, -0.25) is 4.98 Å². The zero-order valence-electron chi connectivity index (χ0n) is 11.0.